The number of nitrogens with zero attached hydrogens (tertiary/aromatic N) is 1. The maximum absolute atomic E-state index is 12.2. The second-order valence-electron chi connectivity index (χ2n) is 7.69. The molecule has 1 amide bonds. The Morgan fingerprint density at radius 2 is 1.73 bits per heavy atom. The number of alkyl halides is 3. The average molecular weight is 420 g/mol. The van der Waals surface area contributed by atoms with Gasteiger partial charge < -0.3 is 15.0 Å². The Bertz CT molecular complexity index is 794. The van der Waals surface area contributed by atoms with Gasteiger partial charge in [0.05, 0.1) is 0 Å². The molecule has 1 aliphatic rings. The molecule has 1 N–H and O–H groups in total. The van der Waals surface area contributed by atoms with Crippen molar-refractivity contribution in [2.45, 2.75) is 32.0 Å². The van der Waals surface area contributed by atoms with Crippen LogP contribution in [-0.4, -0.2) is 43.3 Å². The van der Waals surface area contributed by atoms with Crippen molar-refractivity contribution in [1.29, 1.82) is 0 Å². The highest BCUT2D eigenvalue weighted by molar-refractivity contribution is 5.76. The smallest absolute Gasteiger partial charge is 0.406 e. The molecule has 2 aromatic rings. The van der Waals surface area contributed by atoms with Gasteiger partial charge in [0.1, 0.15) is 5.75 Å². The molecule has 30 heavy (non-hydrogen) atoms. The van der Waals surface area contributed by atoms with Crippen molar-refractivity contribution in [2.24, 2.45) is 5.92 Å². The van der Waals surface area contributed by atoms with Crippen LogP contribution >= 0.6 is 0 Å². The molecule has 162 valence electrons. The van der Waals surface area contributed by atoms with Crippen molar-refractivity contribution in [3.05, 3.63) is 65.7 Å². The molecule has 0 aliphatic carbocycles. The fourth-order valence-electron chi connectivity index (χ4n) is 3.68. The van der Waals surface area contributed by atoms with Gasteiger partial charge in [0.2, 0.25) is 5.91 Å². The lowest BCUT2D eigenvalue weighted by Crippen LogP contribution is -2.31. The fourth-order valence-corrected chi connectivity index (χ4v) is 3.68. The van der Waals surface area contributed by atoms with Crippen molar-refractivity contribution < 1.29 is 22.7 Å². The first kappa shape index (κ1) is 22.2. The van der Waals surface area contributed by atoms with E-state index in [9.17, 15) is 18.0 Å². The molecule has 1 saturated heterocycles. The first-order chi connectivity index (χ1) is 14.4. The van der Waals surface area contributed by atoms with E-state index in [1.165, 1.54) is 17.7 Å². The molecular weight excluding hydrogens is 393 g/mol. The zero-order chi connectivity index (χ0) is 21.4. The molecule has 0 saturated carbocycles. The molecule has 1 heterocycles. The van der Waals surface area contributed by atoms with Gasteiger partial charge >= 0.3 is 6.36 Å². The Hall–Kier alpha value is -2.54. The molecule has 3 rings (SSSR count). The maximum atomic E-state index is 12.2. The van der Waals surface area contributed by atoms with Crippen LogP contribution in [0.25, 0.3) is 0 Å². The van der Waals surface area contributed by atoms with Gasteiger partial charge in [0, 0.05) is 26.1 Å². The first-order valence-electron chi connectivity index (χ1n) is 10.2. The highest BCUT2D eigenvalue weighted by atomic mass is 19.4. The van der Waals surface area contributed by atoms with Crippen LogP contribution in [0.2, 0.25) is 0 Å². The zero-order valence-corrected chi connectivity index (χ0v) is 16.8. The normalized spacial score (nSPS) is 17.1. The van der Waals surface area contributed by atoms with Crippen molar-refractivity contribution in [3.8, 4) is 5.75 Å². The summed E-state index contributed by atoms with van der Waals surface area (Å²) in [7, 11) is 0. The number of likely N-dealkylation sites (tertiary alicyclic amines) is 1. The number of amides is 1. The summed E-state index contributed by atoms with van der Waals surface area (Å²) in [6.45, 7) is 3.75. The van der Waals surface area contributed by atoms with Crippen LogP contribution in [-0.2, 0) is 17.6 Å². The molecule has 1 aliphatic heterocycles. The highest BCUT2D eigenvalue weighted by Gasteiger charge is 2.31. The van der Waals surface area contributed by atoms with E-state index in [-0.39, 0.29) is 11.7 Å². The topological polar surface area (TPSA) is 41.6 Å². The predicted octanol–water partition coefficient (Wildman–Crippen LogP) is 4.20. The number of rotatable bonds is 9. The van der Waals surface area contributed by atoms with Gasteiger partial charge in [-0.25, -0.2) is 0 Å². The summed E-state index contributed by atoms with van der Waals surface area (Å²) in [4.78, 5) is 14.6. The molecule has 0 bridgehead atoms. The standard InChI is InChI=1S/C23H27F3N2O2/c24-23(25,26)30-21-9-6-19(7-10-21)8-11-22(29)27-16-20-13-15-28(17-20)14-12-18-4-2-1-3-5-18/h1-7,9-10,20H,8,11-17H2,(H,27,29). The van der Waals surface area contributed by atoms with Crippen LogP contribution < -0.4 is 10.1 Å². The first-order valence-corrected chi connectivity index (χ1v) is 10.2. The quantitative estimate of drug-likeness (QED) is 0.661. The number of aryl methyl sites for hydroxylation is 1. The molecule has 7 heteroatoms. The summed E-state index contributed by atoms with van der Waals surface area (Å²) in [5.41, 5.74) is 2.14. The van der Waals surface area contributed by atoms with Gasteiger partial charge in [0.25, 0.3) is 0 Å². The molecule has 1 atom stereocenters. The van der Waals surface area contributed by atoms with Crippen molar-refractivity contribution >= 4 is 5.91 Å². The van der Waals surface area contributed by atoms with Crippen LogP contribution in [0.4, 0.5) is 13.2 Å². The van der Waals surface area contributed by atoms with E-state index >= 15 is 0 Å². The van der Waals surface area contributed by atoms with Crippen molar-refractivity contribution in [1.82, 2.24) is 10.2 Å². The molecule has 1 fully saturated rings. The molecule has 2 aromatic carbocycles. The number of hydrogen-bond donors (Lipinski definition) is 1. The number of halogens is 3. The molecular formula is C23H27F3N2O2. The number of hydrogen-bond acceptors (Lipinski definition) is 3. The minimum atomic E-state index is -4.70. The van der Waals surface area contributed by atoms with Gasteiger partial charge in [-0.05, 0) is 55.0 Å². The van der Waals surface area contributed by atoms with Gasteiger partial charge in [-0.3, -0.25) is 4.79 Å². The highest BCUT2D eigenvalue weighted by Crippen LogP contribution is 2.23. The van der Waals surface area contributed by atoms with E-state index in [4.69, 9.17) is 0 Å². The number of nitrogens with one attached hydrogen (secondary N) is 1. The predicted molar refractivity (Wildman–Crippen MR) is 109 cm³/mol. The average Bonchev–Trinajstić information content (AvgIpc) is 3.18. The summed E-state index contributed by atoms with van der Waals surface area (Å²) in [5, 5.41) is 2.99. The Morgan fingerprint density at radius 3 is 2.43 bits per heavy atom. The third-order valence-corrected chi connectivity index (χ3v) is 5.32. The van der Waals surface area contributed by atoms with Crippen LogP contribution in [0, 0.1) is 5.92 Å². The summed E-state index contributed by atoms with van der Waals surface area (Å²) in [6, 6.07) is 16.1. The van der Waals surface area contributed by atoms with E-state index in [1.807, 2.05) is 6.07 Å². The summed E-state index contributed by atoms with van der Waals surface area (Å²) >= 11 is 0. The van der Waals surface area contributed by atoms with E-state index in [0.29, 0.717) is 25.3 Å². The van der Waals surface area contributed by atoms with E-state index < -0.39 is 6.36 Å². The summed E-state index contributed by atoms with van der Waals surface area (Å²) in [5.74, 6) is 0.172. The van der Waals surface area contributed by atoms with Crippen molar-refractivity contribution in [3.63, 3.8) is 0 Å². The largest absolute Gasteiger partial charge is 0.573 e. The fraction of sp³-hybridized carbons (Fsp3) is 0.435. The van der Waals surface area contributed by atoms with Crippen LogP contribution in [0.15, 0.2) is 54.6 Å². The Balaban J connectivity index is 1.31. The number of carbonyl (C=O) groups excluding carboxylic acids is 1. The minimum absolute atomic E-state index is 0.0339. The molecule has 0 spiro atoms. The van der Waals surface area contributed by atoms with E-state index in [2.05, 4.69) is 39.2 Å². The maximum Gasteiger partial charge on any atom is 0.573 e. The summed E-state index contributed by atoms with van der Waals surface area (Å²) < 4.78 is 40.4. The van der Waals surface area contributed by atoms with E-state index in [0.717, 1.165) is 38.0 Å². The van der Waals surface area contributed by atoms with Gasteiger partial charge in [-0.15, -0.1) is 13.2 Å². The Morgan fingerprint density at radius 1 is 1.03 bits per heavy atom. The molecule has 0 aromatic heterocycles. The molecule has 4 nitrogen and oxygen atoms in total. The third-order valence-electron chi connectivity index (χ3n) is 5.32. The second kappa shape index (κ2) is 10.5. The van der Waals surface area contributed by atoms with Gasteiger partial charge in [0.15, 0.2) is 0 Å². The lowest BCUT2D eigenvalue weighted by molar-refractivity contribution is -0.274. The molecule has 1 unspecified atom stereocenters. The van der Waals surface area contributed by atoms with E-state index in [1.54, 1.807) is 12.1 Å². The van der Waals surface area contributed by atoms with Crippen LogP contribution in [0.3, 0.4) is 0 Å². The molecule has 0 radical (unpaired) electrons. The number of benzene rings is 2. The SMILES string of the molecule is O=C(CCc1ccc(OC(F)(F)F)cc1)NCC1CCN(CCc2ccccc2)C1. The third kappa shape index (κ3) is 7.71. The number of ether oxygens (including phenoxy) is 1. The van der Waals surface area contributed by atoms with Crippen molar-refractivity contribution in [2.75, 3.05) is 26.2 Å². The van der Waals surface area contributed by atoms with Crippen LogP contribution in [0.5, 0.6) is 5.75 Å². The van der Waals surface area contributed by atoms with Crippen LogP contribution in [0.1, 0.15) is 24.0 Å². The monoisotopic (exact) mass is 420 g/mol. The van der Waals surface area contributed by atoms with Gasteiger partial charge in [-0.1, -0.05) is 42.5 Å². The lowest BCUT2D eigenvalue weighted by atomic mass is 10.1. The lowest BCUT2D eigenvalue weighted by Gasteiger charge is -2.16. The Labute approximate surface area is 175 Å². The zero-order valence-electron chi connectivity index (χ0n) is 16.8. The van der Waals surface area contributed by atoms with Gasteiger partial charge in [-0.2, -0.15) is 0 Å². The number of carbonyl (C=O) groups is 1. The second-order valence-corrected chi connectivity index (χ2v) is 7.69. The minimum Gasteiger partial charge on any atom is -0.406 e. The Kier molecular flexibility index (Phi) is 7.74. The summed E-state index contributed by atoms with van der Waals surface area (Å²) in [6.07, 6.45) is -1.79.